The molecule has 0 atom stereocenters. The zero-order valence-electron chi connectivity index (χ0n) is 17.0. The smallest absolute Gasteiger partial charge is 0.205 e. The molecular weight excluding hydrogens is 390 g/mol. The molecule has 0 bridgehead atoms. The summed E-state index contributed by atoms with van der Waals surface area (Å²) >= 11 is 5.40. The summed E-state index contributed by atoms with van der Waals surface area (Å²) in [7, 11) is 0. The van der Waals surface area contributed by atoms with Crippen LogP contribution in [0.1, 0.15) is 35.3 Å². The van der Waals surface area contributed by atoms with Crippen LogP contribution < -0.4 is 10.6 Å². The molecule has 0 aliphatic rings. The van der Waals surface area contributed by atoms with E-state index < -0.39 is 0 Å². The lowest BCUT2D eigenvalue weighted by atomic mass is 10.0. The predicted octanol–water partition coefficient (Wildman–Crippen LogP) is 5.54. The lowest BCUT2D eigenvalue weighted by Crippen LogP contribution is -2.26. The second kappa shape index (κ2) is 9.82. The number of Topliss-reactive ketones (excluding diaryl/α,β-unsaturated/α-hetero) is 1. The Labute approximate surface area is 182 Å². The number of ketones is 1. The molecule has 4 nitrogen and oxygen atoms in total. The molecule has 3 aromatic rings. The molecule has 0 aromatic heterocycles. The van der Waals surface area contributed by atoms with Gasteiger partial charge in [0.2, 0.25) is 5.78 Å². The second-order valence-electron chi connectivity index (χ2n) is 6.82. The zero-order valence-corrected chi connectivity index (χ0v) is 17.8. The lowest BCUT2D eigenvalue weighted by Gasteiger charge is -2.16. The fourth-order valence-corrected chi connectivity index (χ4v) is 3.49. The van der Waals surface area contributed by atoms with Crippen LogP contribution in [0.4, 0.5) is 5.69 Å². The van der Waals surface area contributed by atoms with Gasteiger partial charge in [0.1, 0.15) is 11.6 Å². The van der Waals surface area contributed by atoms with Gasteiger partial charge in [0.05, 0.1) is 0 Å². The highest BCUT2D eigenvalue weighted by Gasteiger charge is 2.13. The molecule has 0 radical (unpaired) electrons. The first-order chi connectivity index (χ1) is 14.6. The summed E-state index contributed by atoms with van der Waals surface area (Å²) in [6.07, 6.45) is 3.12. The molecular formula is C25H23N3OS. The van der Waals surface area contributed by atoms with Crippen molar-refractivity contribution in [3.8, 4) is 6.07 Å². The van der Waals surface area contributed by atoms with E-state index in [1.807, 2.05) is 42.5 Å². The summed E-state index contributed by atoms with van der Waals surface area (Å²) in [6.45, 7) is 4.18. The highest BCUT2D eigenvalue weighted by atomic mass is 32.1. The van der Waals surface area contributed by atoms with Crippen molar-refractivity contribution in [1.82, 2.24) is 5.32 Å². The van der Waals surface area contributed by atoms with Gasteiger partial charge in [0.15, 0.2) is 5.11 Å². The van der Waals surface area contributed by atoms with Crippen LogP contribution >= 0.6 is 12.2 Å². The molecule has 0 saturated heterocycles. The Morgan fingerprint density at radius 2 is 1.67 bits per heavy atom. The minimum Gasteiger partial charge on any atom is -0.338 e. The molecule has 3 rings (SSSR count). The summed E-state index contributed by atoms with van der Waals surface area (Å²) < 4.78 is 0. The van der Waals surface area contributed by atoms with E-state index in [-0.39, 0.29) is 11.4 Å². The fourth-order valence-electron chi connectivity index (χ4n) is 3.33. The van der Waals surface area contributed by atoms with E-state index in [1.54, 1.807) is 12.1 Å². The molecule has 0 fully saturated rings. The van der Waals surface area contributed by atoms with Crippen LogP contribution in [0.5, 0.6) is 0 Å². The molecule has 5 heteroatoms. The number of carbonyl (C=O) groups is 1. The summed E-state index contributed by atoms with van der Waals surface area (Å²) in [5, 5.41) is 17.9. The van der Waals surface area contributed by atoms with Crippen LogP contribution in [0.3, 0.4) is 0 Å². The molecule has 150 valence electrons. The molecule has 0 amide bonds. The normalized spacial score (nSPS) is 11.0. The zero-order chi connectivity index (χ0) is 21.5. The quantitative estimate of drug-likeness (QED) is 0.240. The number of rotatable bonds is 6. The number of benzene rings is 3. The van der Waals surface area contributed by atoms with Gasteiger partial charge in [-0.15, -0.1) is 0 Å². The average Bonchev–Trinajstić information content (AvgIpc) is 2.79. The number of nitriles is 1. The van der Waals surface area contributed by atoms with E-state index in [0.717, 1.165) is 40.4 Å². The molecule has 30 heavy (non-hydrogen) atoms. The molecule has 0 heterocycles. The van der Waals surface area contributed by atoms with E-state index in [1.165, 1.54) is 6.20 Å². The van der Waals surface area contributed by atoms with Crippen LogP contribution in [0.25, 0.3) is 10.8 Å². The van der Waals surface area contributed by atoms with Crippen LogP contribution in [0, 0.1) is 11.3 Å². The lowest BCUT2D eigenvalue weighted by molar-refractivity contribution is 0.103. The Kier molecular flexibility index (Phi) is 6.95. The Hall–Kier alpha value is -3.49. The van der Waals surface area contributed by atoms with Gasteiger partial charge < -0.3 is 10.6 Å². The summed E-state index contributed by atoms with van der Waals surface area (Å²) in [5.41, 5.74) is 3.76. The Bertz CT molecular complexity index is 1150. The van der Waals surface area contributed by atoms with Gasteiger partial charge in [-0.3, -0.25) is 4.79 Å². The molecule has 0 spiro atoms. The molecule has 2 N–H and O–H groups in total. The number of allylic oxidation sites excluding steroid dienone is 1. The average molecular weight is 414 g/mol. The SMILES string of the molecule is CCc1cccc(CC)c1NC(=S)N/C=C(\C#N)C(=O)c1ccc2ccccc2c1. The summed E-state index contributed by atoms with van der Waals surface area (Å²) in [4.78, 5) is 12.8. The van der Waals surface area contributed by atoms with E-state index in [4.69, 9.17) is 12.2 Å². The first kappa shape index (κ1) is 21.2. The van der Waals surface area contributed by atoms with E-state index >= 15 is 0 Å². The maximum absolute atomic E-state index is 12.8. The molecule has 0 aliphatic carbocycles. The number of aryl methyl sites for hydroxylation is 2. The van der Waals surface area contributed by atoms with Crippen LogP contribution in [0.15, 0.2) is 72.4 Å². The van der Waals surface area contributed by atoms with E-state index in [2.05, 4.69) is 36.6 Å². The number of para-hydroxylation sites is 1. The van der Waals surface area contributed by atoms with Crippen molar-refractivity contribution >= 4 is 39.6 Å². The standard InChI is InChI=1S/C25H23N3OS/c1-3-17-10-7-11-18(4-2)23(17)28-25(30)27-16-22(15-26)24(29)21-13-12-19-8-5-6-9-20(19)14-21/h5-14,16H,3-4H2,1-2H3,(H2,27,28,30)/b22-16+. The minimum atomic E-state index is -0.346. The number of fused-ring (bicyclic) bond motifs is 1. The number of hydrogen-bond donors (Lipinski definition) is 2. The summed E-state index contributed by atoms with van der Waals surface area (Å²) in [6, 6.07) is 21.3. The third-order valence-corrected chi connectivity index (χ3v) is 5.18. The van der Waals surface area contributed by atoms with Crippen molar-refractivity contribution in [1.29, 1.82) is 5.26 Å². The minimum absolute atomic E-state index is 0.00563. The maximum atomic E-state index is 12.8. The first-order valence-corrected chi connectivity index (χ1v) is 10.3. The molecule has 0 unspecified atom stereocenters. The van der Waals surface area contributed by atoms with Crippen molar-refractivity contribution in [3.05, 3.63) is 89.1 Å². The van der Waals surface area contributed by atoms with Gasteiger partial charge in [-0.25, -0.2) is 0 Å². The van der Waals surface area contributed by atoms with Crippen LogP contribution in [0.2, 0.25) is 0 Å². The molecule has 3 aromatic carbocycles. The van der Waals surface area contributed by atoms with Gasteiger partial charge in [0, 0.05) is 17.5 Å². The number of hydrogen-bond acceptors (Lipinski definition) is 3. The van der Waals surface area contributed by atoms with Gasteiger partial charge in [0.25, 0.3) is 0 Å². The van der Waals surface area contributed by atoms with Gasteiger partial charge in [-0.05, 0) is 53.0 Å². The highest BCUT2D eigenvalue weighted by molar-refractivity contribution is 7.80. The van der Waals surface area contributed by atoms with Crippen molar-refractivity contribution in [2.24, 2.45) is 0 Å². The first-order valence-electron chi connectivity index (χ1n) is 9.89. The van der Waals surface area contributed by atoms with Gasteiger partial charge in [-0.1, -0.05) is 68.4 Å². The predicted molar refractivity (Wildman–Crippen MR) is 127 cm³/mol. The molecule has 0 saturated carbocycles. The Balaban J connectivity index is 1.77. The fraction of sp³-hybridized carbons (Fsp3) is 0.160. The van der Waals surface area contributed by atoms with E-state index in [9.17, 15) is 10.1 Å². The van der Waals surface area contributed by atoms with Crippen molar-refractivity contribution < 1.29 is 4.79 Å². The van der Waals surface area contributed by atoms with Crippen LogP contribution in [-0.2, 0) is 12.8 Å². The Morgan fingerprint density at radius 1 is 1.00 bits per heavy atom. The van der Waals surface area contributed by atoms with Crippen LogP contribution in [-0.4, -0.2) is 10.9 Å². The number of anilines is 1. The summed E-state index contributed by atoms with van der Waals surface area (Å²) in [5.74, 6) is -0.346. The topological polar surface area (TPSA) is 64.9 Å². The number of carbonyl (C=O) groups excluding carboxylic acids is 1. The third kappa shape index (κ3) is 4.73. The Morgan fingerprint density at radius 3 is 2.30 bits per heavy atom. The highest BCUT2D eigenvalue weighted by Crippen LogP contribution is 2.22. The number of thiocarbonyl (C=S) groups is 1. The second-order valence-corrected chi connectivity index (χ2v) is 7.23. The van der Waals surface area contributed by atoms with E-state index in [0.29, 0.717) is 10.7 Å². The van der Waals surface area contributed by atoms with Crippen molar-refractivity contribution in [3.63, 3.8) is 0 Å². The number of nitrogens with zero attached hydrogens (tertiary/aromatic N) is 1. The largest absolute Gasteiger partial charge is 0.338 e. The van der Waals surface area contributed by atoms with Crippen molar-refractivity contribution in [2.45, 2.75) is 26.7 Å². The van der Waals surface area contributed by atoms with Gasteiger partial charge >= 0.3 is 0 Å². The van der Waals surface area contributed by atoms with Gasteiger partial charge in [-0.2, -0.15) is 5.26 Å². The monoisotopic (exact) mass is 413 g/mol. The van der Waals surface area contributed by atoms with Crippen molar-refractivity contribution in [2.75, 3.05) is 5.32 Å². The third-order valence-electron chi connectivity index (χ3n) is 4.96. The number of nitrogens with one attached hydrogen (secondary N) is 2. The maximum Gasteiger partial charge on any atom is 0.205 e. The molecule has 0 aliphatic heterocycles.